The predicted octanol–water partition coefficient (Wildman–Crippen LogP) is 1.57. The topological polar surface area (TPSA) is 98.0 Å². The van der Waals surface area contributed by atoms with E-state index in [1.54, 1.807) is 6.07 Å². The fourth-order valence-electron chi connectivity index (χ4n) is 1.59. The van der Waals surface area contributed by atoms with E-state index in [1.807, 2.05) is 30.3 Å². The lowest BCUT2D eigenvalue weighted by Crippen LogP contribution is -2.10. The molecule has 1 aromatic heterocycles. The second-order valence-electron chi connectivity index (χ2n) is 4.40. The molecule has 0 unspecified atom stereocenters. The molecule has 0 spiro atoms. The molecule has 0 bridgehead atoms. The number of nitrogens with one attached hydrogen (secondary N) is 1. The van der Waals surface area contributed by atoms with Gasteiger partial charge >= 0.3 is 0 Å². The summed E-state index contributed by atoms with van der Waals surface area (Å²) in [6.07, 6.45) is 1.22. The molecular formula is C13H16N4O2S2. The Labute approximate surface area is 128 Å². The second kappa shape index (κ2) is 6.88. The number of benzene rings is 1. The summed E-state index contributed by atoms with van der Waals surface area (Å²) in [7, 11) is -2.98. The molecule has 0 saturated carbocycles. The van der Waals surface area contributed by atoms with Crippen molar-refractivity contribution in [3.63, 3.8) is 0 Å². The highest BCUT2D eigenvalue weighted by Crippen LogP contribution is 2.23. The summed E-state index contributed by atoms with van der Waals surface area (Å²) in [5.41, 5.74) is 3.38. The molecule has 0 aliphatic heterocycles. The Hall–Kier alpha value is -1.64. The van der Waals surface area contributed by atoms with Crippen LogP contribution in [0.2, 0.25) is 0 Å². The third-order valence-electron chi connectivity index (χ3n) is 2.59. The smallest absolute Gasteiger partial charge is 0.162 e. The maximum absolute atomic E-state index is 11.2. The SMILES string of the molecule is CS(=O)(=O)CCSc1cc(NN)nc(-c2ccccc2)n1. The molecule has 0 radical (unpaired) electrons. The maximum Gasteiger partial charge on any atom is 0.162 e. The Kier molecular flexibility index (Phi) is 5.16. The molecule has 1 aromatic carbocycles. The lowest BCUT2D eigenvalue weighted by molar-refractivity contribution is 0.603. The van der Waals surface area contributed by atoms with Gasteiger partial charge in [0, 0.05) is 23.6 Å². The van der Waals surface area contributed by atoms with Gasteiger partial charge in [0.25, 0.3) is 0 Å². The number of aromatic nitrogens is 2. The van der Waals surface area contributed by atoms with Crippen molar-refractivity contribution in [2.24, 2.45) is 5.84 Å². The van der Waals surface area contributed by atoms with Crippen LogP contribution in [0, 0.1) is 0 Å². The molecule has 2 rings (SSSR count). The van der Waals surface area contributed by atoms with E-state index in [0.29, 0.717) is 22.4 Å². The van der Waals surface area contributed by atoms with Gasteiger partial charge in [-0.15, -0.1) is 11.8 Å². The quantitative estimate of drug-likeness (QED) is 0.360. The lowest BCUT2D eigenvalue weighted by Gasteiger charge is -2.07. The first-order valence-electron chi connectivity index (χ1n) is 6.19. The third kappa shape index (κ3) is 5.00. The van der Waals surface area contributed by atoms with E-state index >= 15 is 0 Å². The molecule has 0 aliphatic rings. The van der Waals surface area contributed by atoms with Gasteiger partial charge in [-0.3, -0.25) is 0 Å². The minimum absolute atomic E-state index is 0.105. The summed E-state index contributed by atoms with van der Waals surface area (Å²) >= 11 is 1.36. The summed E-state index contributed by atoms with van der Waals surface area (Å²) in [4.78, 5) is 8.73. The average Bonchev–Trinajstić information content (AvgIpc) is 2.46. The van der Waals surface area contributed by atoms with E-state index in [4.69, 9.17) is 5.84 Å². The van der Waals surface area contributed by atoms with Crippen LogP contribution in [0.15, 0.2) is 41.4 Å². The zero-order valence-corrected chi connectivity index (χ0v) is 13.1. The number of thioether (sulfide) groups is 1. The standard InChI is InChI=1S/C13H16N4O2S2/c1-21(18,19)8-7-20-12-9-11(17-14)15-13(16-12)10-5-3-2-4-6-10/h2-6,9H,7-8,14H2,1H3,(H,15,16,17). The number of nitrogen functional groups attached to an aromatic ring is 1. The van der Waals surface area contributed by atoms with Crippen molar-refractivity contribution in [2.75, 3.05) is 23.2 Å². The largest absolute Gasteiger partial charge is 0.308 e. The zero-order chi connectivity index (χ0) is 15.3. The normalized spacial score (nSPS) is 11.3. The van der Waals surface area contributed by atoms with Gasteiger partial charge in [-0.05, 0) is 0 Å². The van der Waals surface area contributed by atoms with Crippen LogP contribution < -0.4 is 11.3 Å². The van der Waals surface area contributed by atoms with Gasteiger partial charge in [-0.1, -0.05) is 30.3 Å². The van der Waals surface area contributed by atoms with Gasteiger partial charge in [0.15, 0.2) is 5.82 Å². The third-order valence-corrected chi connectivity index (χ3v) is 4.70. The number of hydrazine groups is 1. The van der Waals surface area contributed by atoms with Crippen LogP contribution in [-0.2, 0) is 9.84 Å². The number of hydrogen-bond acceptors (Lipinski definition) is 7. The van der Waals surface area contributed by atoms with E-state index in [0.717, 1.165) is 5.56 Å². The highest BCUT2D eigenvalue weighted by molar-refractivity contribution is 8.00. The van der Waals surface area contributed by atoms with Crippen LogP contribution in [0.3, 0.4) is 0 Å². The molecule has 0 fully saturated rings. The number of nitrogens with zero attached hydrogens (tertiary/aromatic N) is 2. The van der Waals surface area contributed by atoms with Crippen molar-refractivity contribution in [2.45, 2.75) is 5.03 Å². The molecule has 6 nitrogen and oxygen atoms in total. The Morgan fingerprint density at radius 1 is 1.24 bits per heavy atom. The molecule has 21 heavy (non-hydrogen) atoms. The first kappa shape index (κ1) is 15.7. The van der Waals surface area contributed by atoms with Crippen LogP contribution in [0.5, 0.6) is 0 Å². The van der Waals surface area contributed by atoms with Crippen LogP contribution >= 0.6 is 11.8 Å². The monoisotopic (exact) mass is 324 g/mol. The molecular weight excluding hydrogens is 308 g/mol. The first-order chi connectivity index (χ1) is 9.98. The summed E-state index contributed by atoms with van der Waals surface area (Å²) in [6, 6.07) is 11.2. The Bertz CT molecular complexity index is 705. The van der Waals surface area contributed by atoms with Crippen molar-refractivity contribution in [1.29, 1.82) is 0 Å². The van der Waals surface area contributed by atoms with Gasteiger partial charge in [-0.25, -0.2) is 24.2 Å². The van der Waals surface area contributed by atoms with Crippen LogP contribution in [0.4, 0.5) is 5.82 Å². The lowest BCUT2D eigenvalue weighted by atomic mass is 10.2. The molecule has 8 heteroatoms. The van der Waals surface area contributed by atoms with Crippen molar-refractivity contribution in [1.82, 2.24) is 9.97 Å². The Morgan fingerprint density at radius 3 is 2.57 bits per heavy atom. The fraction of sp³-hybridized carbons (Fsp3) is 0.231. The van der Waals surface area contributed by atoms with Crippen LogP contribution in [0.1, 0.15) is 0 Å². The fourth-order valence-corrected chi connectivity index (χ4v) is 3.69. The minimum Gasteiger partial charge on any atom is -0.308 e. The van der Waals surface area contributed by atoms with E-state index in [-0.39, 0.29) is 5.75 Å². The molecule has 112 valence electrons. The Morgan fingerprint density at radius 2 is 1.95 bits per heavy atom. The van der Waals surface area contributed by atoms with E-state index in [2.05, 4.69) is 15.4 Å². The average molecular weight is 324 g/mol. The Balaban J connectivity index is 2.22. The van der Waals surface area contributed by atoms with Gasteiger partial charge in [0.2, 0.25) is 0 Å². The number of anilines is 1. The van der Waals surface area contributed by atoms with Crippen molar-refractivity contribution in [3.8, 4) is 11.4 Å². The summed E-state index contributed by atoms with van der Waals surface area (Å²) in [5, 5.41) is 0.681. The van der Waals surface area contributed by atoms with Gasteiger partial charge in [0.05, 0.1) is 5.75 Å². The number of nitrogens with two attached hydrogens (primary N) is 1. The maximum atomic E-state index is 11.2. The number of hydrogen-bond donors (Lipinski definition) is 2. The molecule has 3 N–H and O–H groups in total. The van der Waals surface area contributed by atoms with Crippen molar-refractivity contribution >= 4 is 27.4 Å². The molecule has 2 aromatic rings. The molecule has 1 heterocycles. The van der Waals surface area contributed by atoms with Gasteiger partial charge in [-0.2, -0.15) is 0 Å². The van der Waals surface area contributed by atoms with E-state index in [1.165, 1.54) is 18.0 Å². The van der Waals surface area contributed by atoms with Gasteiger partial charge < -0.3 is 5.43 Å². The van der Waals surface area contributed by atoms with E-state index < -0.39 is 9.84 Å². The van der Waals surface area contributed by atoms with Crippen LogP contribution in [0.25, 0.3) is 11.4 Å². The predicted molar refractivity (Wildman–Crippen MR) is 85.7 cm³/mol. The number of rotatable bonds is 6. The number of sulfone groups is 1. The van der Waals surface area contributed by atoms with E-state index in [9.17, 15) is 8.42 Å². The van der Waals surface area contributed by atoms with Crippen molar-refractivity contribution in [3.05, 3.63) is 36.4 Å². The second-order valence-corrected chi connectivity index (χ2v) is 7.78. The molecule has 0 saturated heterocycles. The molecule has 0 amide bonds. The highest BCUT2D eigenvalue weighted by Gasteiger charge is 2.08. The first-order valence-corrected chi connectivity index (χ1v) is 9.24. The summed E-state index contributed by atoms with van der Waals surface area (Å²) < 4.78 is 22.3. The van der Waals surface area contributed by atoms with Crippen LogP contribution in [-0.4, -0.2) is 36.1 Å². The summed E-state index contributed by atoms with van der Waals surface area (Å²) in [6.45, 7) is 0. The minimum atomic E-state index is -2.98. The van der Waals surface area contributed by atoms with Gasteiger partial charge in [0.1, 0.15) is 20.7 Å². The molecule has 0 aliphatic carbocycles. The van der Waals surface area contributed by atoms with Crippen molar-refractivity contribution < 1.29 is 8.42 Å². The zero-order valence-electron chi connectivity index (χ0n) is 11.5. The highest BCUT2D eigenvalue weighted by atomic mass is 32.2. The summed E-state index contributed by atoms with van der Waals surface area (Å²) in [5.74, 6) is 7.00. The molecule has 0 atom stereocenters.